The molecule has 0 radical (unpaired) electrons. The van der Waals surface area contributed by atoms with E-state index in [0.29, 0.717) is 54.5 Å². The number of H-pyrrole nitrogens is 1. The Bertz CT molecular complexity index is 1540. The molecule has 0 unspecified atom stereocenters. The Kier molecular flexibility index (Phi) is 6.38. The standard InChI is InChI=1S/C26H24N8O3/c1-17-30-16-34(31-17)25-23-22(21(37-2)15-29-25)19(14-28-23)24(35)26(36)33-12-10-32(11-13-33)20(8-9-27)18-6-4-3-5-7-18/h3-8,14-16,28H,10-13H2,1-2H3/b20-8-. The van der Waals surface area contributed by atoms with E-state index in [9.17, 15) is 14.9 Å². The number of nitriles is 1. The number of hydrogen-bond acceptors (Lipinski definition) is 8. The minimum absolute atomic E-state index is 0.203. The summed E-state index contributed by atoms with van der Waals surface area (Å²) in [6, 6.07) is 11.7. The van der Waals surface area contributed by atoms with E-state index in [-0.39, 0.29) is 5.56 Å². The number of carbonyl (C=O) groups is 2. The molecule has 1 N–H and O–H groups in total. The van der Waals surface area contributed by atoms with E-state index in [1.54, 1.807) is 11.8 Å². The monoisotopic (exact) mass is 496 g/mol. The van der Waals surface area contributed by atoms with Gasteiger partial charge in [-0.1, -0.05) is 30.3 Å². The molecule has 0 saturated carbocycles. The molecule has 37 heavy (non-hydrogen) atoms. The van der Waals surface area contributed by atoms with Crippen LogP contribution in [0.2, 0.25) is 0 Å². The number of rotatable bonds is 6. The lowest BCUT2D eigenvalue weighted by molar-refractivity contribution is -0.127. The lowest BCUT2D eigenvalue weighted by atomic mass is 10.1. The topological polar surface area (TPSA) is 133 Å². The SMILES string of the molecule is COc1cnc(-n2cnc(C)n2)c2[nH]cc(C(=O)C(=O)N3CCN(/C(=C\C#N)c4ccccc4)CC3)c12. The summed E-state index contributed by atoms with van der Waals surface area (Å²) < 4.78 is 6.96. The number of Topliss-reactive ketones (excluding diaryl/α,β-unsaturated/α-hetero) is 1. The molecule has 0 spiro atoms. The highest BCUT2D eigenvalue weighted by Crippen LogP contribution is 2.32. The summed E-state index contributed by atoms with van der Waals surface area (Å²) in [5.74, 6) is 0.146. The van der Waals surface area contributed by atoms with Crippen LogP contribution in [0.4, 0.5) is 0 Å². The van der Waals surface area contributed by atoms with Crippen LogP contribution < -0.4 is 4.74 Å². The molecule has 1 aromatic carbocycles. The normalized spacial score (nSPS) is 14.0. The predicted octanol–water partition coefficient (Wildman–Crippen LogP) is 2.35. The summed E-state index contributed by atoms with van der Waals surface area (Å²) in [6.07, 6.45) is 6.04. The minimum Gasteiger partial charge on any atom is -0.494 e. The van der Waals surface area contributed by atoms with E-state index in [1.165, 1.54) is 36.6 Å². The number of aromatic amines is 1. The van der Waals surface area contributed by atoms with Gasteiger partial charge in [0.1, 0.15) is 17.9 Å². The lowest BCUT2D eigenvalue weighted by Crippen LogP contribution is -2.49. The molecule has 1 saturated heterocycles. The molecule has 186 valence electrons. The molecule has 1 amide bonds. The Morgan fingerprint density at radius 1 is 1.11 bits per heavy atom. The minimum atomic E-state index is -0.638. The number of benzene rings is 1. The highest BCUT2D eigenvalue weighted by molar-refractivity contribution is 6.45. The largest absolute Gasteiger partial charge is 0.494 e. The first-order chi connectivity index (χ1) is 18.0. The van der Waals surface area contributed by atoms with Crippen LogP contribution in [0.25, 0.3) is 22.4 Å². The fourth-order valence-electron chi connectivity index (χ4n) is 4.50. The van der Waals surface area contributed by atoms with Gasteiger partial charge in [0.25, 0.3) is 11.7 Å². The number of methoxy groups -OCH3 is 1. The number of pyridine rings is 1. The van der Waals surface area contributed by atoms with Gasteiger partial charge in [0.15, 0.2) is 5.82 Å². The fourth-order valence-corrected chi connectivity index (χ4v) is 4.50. The van der Waals surface area contributed by atoms with E-state index in [2.05, 4.69) is 31.0 Å². The number of hydrogen-bond donors (Lipinski definition) is 1. The van der Waals surface area contributed by atoms with Crippen LogP contribution in [-0.4, -0.2) is 79.5 Å². The van der Waals surface area contributed by atoms with Crippen LogP contribution in [0.3, 0.4) is 0 Å². The average molecular weight is 497 g/mol. The number of nitrogens with zero attached hydrogens (tertiary/aromatic N) is 7. The first-order valence-corrected chi connectivity index (χ1v) is 11.7. The Hall–Kier alpha value is -4.98. The van der Waals surface area contributed by atoms with Crippen molar-refractivity contribution >= 4 is 28.3 Å². The zero-order valence-electron chi connectivity index (χ0n) is 20.4. The Balaban J connectivity index is 1.38. The van der Waals surface area contributed by atoms with E-state index in [4.69, 9.17) is 4.74 Å². The van der Waals surface area contributed by atoms with Gasteiger partial charge in [0.2, 0.25) is 0 Å². The van der Waals surface area contributed by atoms with Crippen molar-refractivity contribution in [1.29, 1.82) is 5.26 Å². The van der Waals surface area contributed by atoms with Gasteiger partial charge < -0.3 is 19.5 Å². The number of nitrogens with one attached hydrogen (secondary N) is 1. The number of aromatic nitrogens is 5. The molecule has 1 aliphatic heterocycles. The van der Waals surface area contributed by atoms with Gasteiger partial charge >= 0.3 is 0 Å². The number of piperazine rings is 1. The maximum Gasteiger partial charge on any atom is 0.295 e. The van der Waals surface area contributed by atoms with Crippen molar-refractivity contribution in [3.8, 4) is 17.6 Å². The summed E-state index contributed by atoms with van der Waals surface area (Å²) in [7, 11) is 1.48. The molecule has 1 fully saturated rings. The van der Waals surface area contributed by atoms with E-state index in [0.717, 1.165) is 11.3 Å². The number of carbonyl (C=O) groups excluding carboxylic acids is 2. The molecule has 11 heteroatoms. The third kappa shape index (κ3) is 4.40. The number of ketones is 1. The van der Waals surface area contributed by atoms with E-state index < -0.39 is 11.7 Å². The van der Waals surface area contributed by atoms with Crippen molar-refractivity contribution in [2.24, 2.45) is 0 Å². The first-order valence-electron chi connectivity index (χ1n) is 11.7. The highest BCUT2D eigenvalue weighted by atomic mass is 16.5. The fraction of sp³-hybridized carbons (Fsp3) is 0.231. The average Bonchev–Trinajstić information content (AvgIpc) is 3.58. The van der Waals surface area contributed by atoms with Crippen LogP contribution >= 0.6 is 0 Å². The van der Waals surface area contributed by atoms with Crippen molar-refractivity contribution < 1.29 is 14.3 Å². The van der Waals surface area contributed by atoms with Gasteiger partial charge in [-0.2, -0.15) is 10.4 Å². The number of allylic oxidation sites excluding steroid dienone is 1. The molecule has 0 bridgehead atoms. The van der Waals surface area contributed by atoms with Crippen LogP contribution in [0.15, 0.2) is 55.1 Å². The summed E-state index contributed by atoms with van der Waals surface area (Å²) >= 11 is 0. The molecule has 0 aliphatic carbocycles. The second kappa shape index (κ2) is 9.94. The summed E-state index contributed by atoms with van der Waals surface area (Å²) in [4.78, 5) is 41.8. The second-order valence-electron chi connectivity index (χ2n) is 8.47. The first kappa shape index (κ1) is 23.7. The number of ether oxygens (including phenoxy) is 1. The Morgan fingerprint density at radius 2 is 1.84 bits per heavy atom. The Labute approximate surface area is 212 Å². The summed E-state index contributed by atoms with van der Waals surface area (Å²) in [5, 5.41) is 14.0. The van der Waals surface area contributed by atoms with E-state index >= 15 is 0 Å². The number of fused-ring (bicyclic) bond motifs is 1. The maximum atomic E-state index is 13.4. The predicted molar refractivity (Wildman–Crippen MR) is 135 cm³/mol. The van der Waals surface area contributed by atoms with E-state index in [1.807, 2.05) is 30.3 Å². The molecule has 4 heterocycles. The number of aryl methyl sites for hydroxylation is 1. The van der Waals surface area contributed by atoms with Gasteiger partial charge in [0.05, 0.1) is 41.5 Å². The number of amides is 1. The quantitative estimate of drug-likeness (QED) is 0.244. The van der Waals surface area contributed by atoms with Crippen LogP contribution in [0.1, 0.15) is 21.7 Å². The molecule has 0 atom stereocenters. The summed E-state index contributed by atoms with van der Waals surface area (Å²) in [6.45, 7) is 3.46. The molecule has 1 aliphatic rings. The van der Waals surface area contributed by atoms with Gasteiger partial charge in [-0.15, -0.1) is 0 Å². The molecule has 5 rings (SSSR count). The van der Waals surface area contributed by atoms with Crippen molar-refractivity contribution in [2.75, 3.05) is 33.3 Å². The lowest BCUT2D eigenvalue weighted by Gasteiger charge is -2.37. The van der Waals surface area contributed by atoms with Gasteiger partial charge in [-0.3, -0.25) is 9.59 Å². The van der Waals surface area contributed by atoms with Crippen molar-refractivity contribution in [3.63, 3.8) is 0 Å². The van der Waals surface area contributed by atoms with Crippen molar-refractivity contribution in [2.45, 2.75) is 6.92 Å². The highest BCUT2D eigenvalue weighted by Gasteiger charge is 2.31. The third-order valence-electron chi connectivity index (χ3n) is 6.31. The van der Waals surface area contributed by atoms with Crippen molar-refractivity contribution in [3.05, 3.63) is 72.1 Å². The zero-order chi connectivity index (χ0) is 25.9. The molecule has 3 aromatic heterocycles. The molecule has 4 aromatic rings. The third-order valence-corrected chi connectivity index (χ3v) is 6.31. The second-order valence-corrected chi connectivity index (χ2v) is 8.47. The van der Waals surface area contributed by atoms with Crippen molar-refractivity contribution in [1.82, 2.24) is 34.5 Å². The van der Waals surface area contributed by atoms with Crippen LogP contribution in [0.5, 0.6) is 5.75 Å². The Morgan fingerprint density at radius 3 is 2.49 bits per heavy atom. The smallest absolute Gasteiger partial charge is 0.295 e. The van der Waals surface area contributed by atoms with Crippen LogP contribution in [0, 0.1) is 18.3 Å². The van der Waals surface area contributed by atoms with Gasteiger partial charge in [0, 0.05) is 38.5 Å². The van der Waals surface area contributed by atoms with Gasteiger partial charge in [-0.05, 0) is 12.5 Å². The van der Waals surface area contributed by atoms with Gasteiger partial charge in [-0.25, -0.2) is 14.6 Å². The zero-order valence-corrected chi connectivity index (χ0v) is 20.4. The summed E-state index contributed by atoms with van der Waals surface area (Å²) in [5.41, 5.74) is 2.44. The molecule has 11 nitrogen and oxygen atoms in total. The molecular formula is C26H24N8O3. The van der Waals surface area contributed by atoms with Crippen LogP contribution in [-0.2, 0) is 4.79 Å². The maximum absolute atomic E-state index is 13.4. The molecular weight excluding hydrogens is 472 g/mol.